The molecule has 214 valence electrons. The highest BCUT2D eigenvalue weighted by atomic mass is 28.4. The van der Waals surface area contributed by atoms with Gasteiger partial charge in [-0.3, -0.25) is 4.79 Å². The monoisotopic (exact) mass is 560 g/mol. The van der Waals surface area contributed by atoms with E-state index < -0.39 is 14.2 Å². The van der Waals surface area contributed by atoms with Gasteiger partial charge in [-0.25, -0.2) is 4.98 Å². The molecule has 0 aliphatic heterocycles. The first kappa shape index (κ1) is 29.6. The van der Waals surface area contributed by atoms with E-state index in [4.69, 9.17) is 14.9 Å². The molecule has 7 nitrogen and oxygen atoms in total. The minimum atomic E-state index is -1.96. The molecule has 4 aromatic rings. The zero-order chi connectivity index (χ0) is 28.9. The lowest BCUT2D eigenvalue weighted by atomic mass is 10.0. The summed E-state index contributed by atoms with van der Waals surface area (Å²) in [5, 5.41) is 1.29. The first-order valence-corrected chi connectivity index (χ1v) is 17.1. The molecule has 2 heterocycles. The molecular formula is C32H44N4O3Si. The highest BCUT2D eigenvalue weighted by Gasteiger charge is 2.37. The van der Waals surface area contributed by atoms with Crippen molar-refractivity contribution in [1.29, 1.82) is 0 Å². The van der Waals surface area contributed by atoms with Gasteiger partial charge in [0.1, 0.15) is 11.4 Å². The van der Waals surface area contributed by atoms with Crippen molar-refractivity contribution in [2.45, 2.75) is 77.6 Å². The van der Waals surface area contributed by atoms with Gasteiger partial charge < -0.3 is 24.4 Å². The Labute approximate surface area is 239 Å². The fourth-order valence-electron chi connectivity index (χ4n) is 4.70. The van der Waals surface area contributed by atoms with Gasteiger partial charge >= 0.3 is 0 Å². The number of aryl methyl sites for hydroxylation is 3. The van der Waals surface area contributed by atoms with Crippen molar-refractivity contribution in [2.24, 2.45) is 5.73 Å². The quantitative estimate of drug-likeness (QED) is 0.136. The molecule has 0 unspecified atom stereocenters. The Bertz CT molecular complexity index is 1420. The molecule has 3 N–H and O–H groups in total. The maximum absolute atomic E-state index is 11.7. The van der Waals surface area contributed by atoms with E-state index in [1.54, 1.807) is 12.5 Å². The van der Waals surface area contributed by atoms with Crippen molar-refractivity contribution in [1.82, 2.24) is 14.5 Å². The van der Waals surface area contributed by atoms with E-state index in [1.807, 2.05) is 16.7 Å². The van der Waals surface area contributed by atoms with Crippen molar-refractivity contribution in [3.8, 4) is 5.75 Å². The Balaban J connectivity index is 1.47. The topological polar surface area (TPSA) is 95.2 Å². The van der Waals surface area contributed by atoms with Gasteiger partial charge in [-0.05, 0) is 80.1 Å². The summed E-state index contributed by atoms with van der Waals surface area (Å²) in [6, 6.07) is 16.8. The van der Waals surface area contributed by atoms with Gasteiger partial charge in [-0.1, -0.05) is 51.1 Å². The number of carbonyl (C=O) groups is 1. The summed E-state index contributed by atoms with van der Waals surface area (Å²) < 4.78 is 14.7. The van der Waals surface area contributed by atoms with E-state index in [2.05, 4.69) is 87.2 Å². The highest BCUT2D eigenvalue weighted by molar-refractivity contribution is 6.74. The molecule has 0 spiro atoms. The van der Waals surface area contributed by atoms with Crippen LogP contribution in [0.5, 0.6) is 5.75 Å². The number of nitrogens with one attached hydrogen (secondary N) is 1. The Morgan fingerprint density at radius 3 is 2.55 bits per heavy atom. The number of aromatic amines is 1. The first-order chi connectivity index (χ1) is 18.9. The van der Waals surface area contributed by atoms with E-state index in [9.17, 15) is 4.79 Å². The molecule has 0 saturated carbocycles. The van der Waals surface area contributed by atoms with Crippen LogP contribution < -0.4 is 10.5 Å². The fraction of sp³-hybridized carbons (Fsp3) is 0.438. The molecule has 0 aliphatic carbocycles. The standard InChI is InChI=1S/C32H44N4O3Si/c1-23-27(28-19-26(15-17-29(28)35-23)38-18-10-13-24-11-8-7-9-12-24)16-14-25(21-39-40(5,6)32(2,3)4)36-20-30(31(33)37)34-22-36/h7-9,11-12,15,17,19-20,22,25,35H,10,13-14,16,18,21H2,1-6H3,(H2,33,37)/t25-/m1/s1. The summed E-state index contributed by atoms with van der Waals surface area (Å²) in [7, 11) is -1.96. The van der Waals surface area contributed by atoms with Crippen LogP contribution >= 0.6 is 0 Å². The number of aromatic nitrogens is 3. The third-order valence-electron chi connectivity index (χ3n) is 8.26. The van der Waals surface area contributed by atoms with Crippen LogP contribution in [0.1, 0.15) is 67.0 Å². The molecule has 0 aliphatic rings. The van der Waals surface area contributed by atoms with Gasteiger partial charge in [0.25, 0.3) is 5.91 Å². The van der Waals surface area contributed by atoms with Crippen molar-refractivity contribution in [3.05, 3.63) is 83.6 Å². The minimum absolute atomic E-state index is 0.0245. The molecule has 2 aromatic carbocycles. The minimum Gasteiger partial charge on any atom is -0.494 e. The van der Waals surface area contributed by atoms with Gasteiger partial charge in [-0.15, -0.1) is 0 Å². The van der Waals surface area contributed by atoms with E-state index in [0.29, 0.717) is 13.2 Å². The summed E-state index contributed by atoms with van der Waals surface area (Å²) in [5.74, 6) is 0.367. The Morgan fingerprint density at radius 2 is 1.88 bits per heavy atom. The van der Waals surface area contributed by atoms with Crippen LogP contribution in [0.4, 0.5) is 0 Å². The fourth-order valence-corrected chi connectivity index (χ4v) is 5.74. The molecule has 0 saturated heterocycles. The number of imidazole rings is 1. The van der Waals surface area contributed by atoms with Gasteiger partial charge in [0.15, 0.2) is 8.32 Å². The number of rotatable bonds is 13. The number of benzene rings is 2. The lowest BCUT2D eigenvalue weighted by Gasteiger charge is -2.37. The number of ether oxygens (including phenoxy) is 1. The zero-order valence-corrected chi connectivity index (χ0v) is 25.8. The highest BCUT2D eigenvalue weighted by Crippen LogP contribution is 2.37. The molecule has 0 fully saturated rings. The number of hydrogen-bond donors (Lipinski definition) is 2. The smallest absolute Gasteiger partial charge is 0.268 e. The summed E-state index contributed by atoms with van der Waals surface area (Å²) >= 11 is 0. The van der Waals surface area contributed by atoms with E-state index in [-0.39, 0.29) is 16.8 Å². The number of H-pyrrole nitrogens is 1. The van der Waals surface area contributed by atoms with Gasteiger partial charge in [0.2, 0.25) is 0 Å². The second kappa shape index (κ2) is 12.4. The number of nitrogens with two attached hydrogens (primary N) is 1. The summed E-state index contributed by atoms with van der Waals surface area (Å²) in [6.07, 6.45) is 7.09. The summed E-state index contributed by atoms with van der Waals surface area (Å²) in [5.41, 5.74) is 10.6. The largest absolute Gasteiger partial charge is 0.494 e. The molecule has 1 amide bonds. The first-order valence-electron chi connectivity index (χ1n) is 14.2. The van der Waals surface area contributed by atoms with Crippen molar-refractivity contribution >= 4 is 25.1 Å². The average Bonchev–Trinajstić information content (AvgIpc) is 3.51. The van der Waals surface area contributed by atoms with E-state index >= 15 is 0 Å². The SMILES string of the molecule is Cc1[nH]c2ccc(OCCCc3ccccc3)cc2c1CC[C@H](CO[Si](C)(C)C(C)(C)C)n1cnc(C(N)=O)c1. The summed E-state index contributed by atoms with van der Waals surface area (Å²) in [6.45, 7) is 14.6. The molecule has 40 heavy (non-hydrogen) atoms. The number of primary amides is 1. The maximum atomic E-state index is 11.7. The number of nitrogens with zero attached hydrogens (tertiary/aromatic N) is 2. The lowest BCUT2D eigenvalue weighted by molar-refractivity contribution is 0.0995. The van der Waals surface area contributed by atoms with E-state index in [1.165, 1.54) is 16.5 Å². The van der Waals surface area contributed by atoms with Crippen LogP contribution in [0, 0.1) is 6.92 Å². The molecule has 4 rings (SSSR count). The predicted molar refractivity (Wildman–Crippen MR) is 165 cm³/mol. The van der Waals surface area contributed by atoms with Gasteiger partial charge in [0.05, 0.1) is 25.6 Å². The van der Waals surface area contributed by atoms with Crippen molar-refractivity contribution in [2.75, 3.05) is 13.2 Å². The third-order valence-corrected chi connectivity index (χ3v) is 12.8. The van der Waals surface area contributed by atoms with Gasteiger partial charge in [-0.2, -0.15) is 0 Å². The Hall–Kier alpha value is -3.36. The average molecular weight is 561 g/mol. The third kappa shape index (κ3) is 7.23. The van der Waals surface area contributed by atoms with Crippen molar-refractivity contribution in [3.63, 3.8) is 0 Å². The zero-order valence-electron chi connectivity index (χ0n) is 24.8. The van der Waals surface area contributed by atoms with Crippen LogP contribution in [-0.2, 0) is 17.3 Å². The molecule has 1 atom stereocenters. The van der Waals surface area contributed by atoms with Crippen LogP contribution in [0.2, 0.25) is 18.1 Å². The van der Waals surface area contributed by atoms with Crippen LogP contribution in [0.25, 0.3) is 10.9 Å². The van der Waals surface area contributed by atoms with Crippen LogP contribution in [0.3, 0.4) is 0 Å². The van der Waals surface area contributed by atoms with Crippen molar-refractivity contribution < 1.29 is 14.0 Å². The lowest BCUT2D eigenvalue weighted by Crippen LogP contribution is -2.42. The van der Waals surface area contributed by atoms with E-state index in [0.717, 1.165) is 42.6 Å². The Morgan fingerprint density at radius 1 is 1.12 bits per heavy atom. The number of fused-ring (bicyclic) bond motifs is 1. The summed E-state index contributed by atoms with van der Waals surface area (Å²) in [4.78, 5) is 19.5. The number of hydrogen-bond acceptors (Lipinski definition) is 4. The van der Waals surface area contributed by atoms with Gasteiger partial charge in [0, 0.05) is 22.8 Å². The normalized spacial score (nSPS) is 13.1. The number of amides is 1. The molecule has 8 heteroatoms. The van der Waals surface area contributed by atoms with Crippen LogP contribution in [0.15, 0.2) is 61.1 Å². The molecule has 0 bridgehead atoms. The molecule has 2 aromatic heterocycles. The molecule has 0 radical (unpaired) electrons. The molecular weight excluding hydrogens is 516 g/mol. The number of carbonyl (C=O) groups excluding carboxylic acids is 1. The second-order valence-electron chi connectivity index (χ2n) is 12.2. The second-order valence-corrected chi connectivity index (χ2v) is 17.0. The maximum Gasteiger partial charge on any atom is 0.268 e. The Kier molecular flexibility index (Phi) is 9.21. The van der Waals surface area contributed by atoms with Crippen LogP contribution in [-0.4, -0.2) is 42.0 Å². The predicted octanol–water partition coefficient (Wildman–Crippen LogP) is 6.98.